The molecule has 0 bridgehead atoms. The molecule has 2 N–H and O–H groups in total. The molecule has 1 aliphatic heterocycles. The average molecular weight is 587 g/mol. The summed E-state index contributed by atoms with van der Waals surface area (Å²) in [5, 5.41) is 5.28. The fraction of sp³-hybridized carbons (Fsp3) is 0.0769. The minimum absolute atomic E-state index is 0.0842. The zero-order valence-electron chi connectivity index (χ0n) is 19.2. The Labute approximate surface area is 224 Å². The fourth-order valence-corrected chi connectivity index (χ4v) is 3.97. The van der Waals surface area contributed by atoms with Crippen LogP contribution in [0.3, 0.4) is 0 Å². The summed E-state index contributed by atoms with van der Waals surface area (Å²) in [5.41, 5.74) is 1.39. The molecule has 0 radical (unpaired) electrons. The predicted octanol–water partition coefficient (Wildman–Crippen LogP) is 5.23. The number of carbonyl (C=O) groups excluding carboxylic acids is 4. The number of hydrogen-bond acceptors (Lipinski definition) is 5. The van der Waals surface area contributed by atoms with E-state index in [-0.39, 0.29) is 23.6 Å². The van der Waals surface area contributed by atoms with Gasteiger partial charge in [0, 0.05) is 20.7 Å². The van der Waals surface area contributed by atoms with Crippen LogP contribution in [0.15, 0.2) is 70.7 Å². The van der Waals surface area contributed by atoms with Crippen molar-refractivity contribution in [3.05, 3.63) is 92.7 Å². The normalized spacial score (nSPS) is 14.5. The van der Waals surface area contributed by atoms with Crippen LogP contribution in [0.2, 0.25) is 5.02 Å². The van der Waals surface area contributed by atoms with Crippen molar-refractivity contribution in [2.45, 2.75) is 6.92 Å². The van der Waals surface area contributed by atoms with E-state index in [1.165, 1.54) is 18.2 Å². The first-order chi connectivity index (χ1) is 17.6. The fourth-order valence-electron chi connectivity index (χ4n) is 3.41. The minimum atomic E-state index is -0.961. The molecule has 5 amide bonds. The molecule has 4 rings (SSSR count). The van der Waals surface area contributed by atoms with E-state index in [0.717, 1.165) is 22.6 Å². The third-order valence-electron chi connectivity index (χ3n) is 5.27. The van der Waals surface area contributed by atoms with Crippen molar-refractivity contribution in [1.29, 1.82) is 0 Å². The molecule has 3 aromatic rings. The highest BCUT2D eigenvalue weighted by Crippen LogP contribution is 2.28. The lowest BCUT2D eigenvalue weighted by molar-refractivity contribution is -0.122. The summed E-state index contributed by atoms with van der Waals surface area (Å²) < 4.78 is 19.6. The predicted molar refractivity (Wildman–Crippen MR) is 140 cm³/mol. The summed E-state index contributed by atoms with van der Waals surface area (Å²) in [7, 11) is 0. The van der Waals surface area contributed by atoms with Crippen LogP contribution in [0.25, 0.3) is 6.08 Å². The number of halogens is 3. The highest BCUT2D eigenvalue weighted by atomic mass is 79.9. The number of carbonyl (C=O) groups is 4. The van der Waals surface area contributed by atoms with E-state index in [1.54, 1.807) is 36.4 Å². The zero-order valence-corrected chi connectivity index (χ0v) is 21.5. The number of amides is 5. The molecule has 1 heterocycles. The number of anilines is 2. The van der Waals surface area contributed by atoms with Gasteiger partial charge in [0.15, 0.2) is 6.61 Å². The number of barbiturate groups is 1. The Hall–Kier alpha value is -4.02. The Morgan fingerprint density at radius 3 is 2.54 bits per heavy atom. The number of nitrogens with one attached hydrogen (secondary N) is 2. The number of urea groups is 1. The summed E-state index contributed by atoms with van der Waals surface area (Å²) in [4.78, 5) is 51.1. The van der Waals surface area contributed by atoms with Crippen LogP contribution in [0.5, 0.6) is 5.75 Å². The molecule has 8 nitrogen and oxygen atoms in total. The van der Waals surface area contributed by atoms with E-state index in [1.807, 2.05) is 6.92 Å². The highest BCUT2D eigenvalue weighted by molar-refractivity contribution is 9.10. The number of hydrogen-bond donors (Lipinski definition) is 2. The summed E-state index contributed by atoms with van der Waals surface area (Å²) in [5.74, 6) is -2.61. The van der Waals surface area contributed by atoms with E-state index in [9.17, 15) is 23.6 Å². The van der Waals surface area contributed by atoms with Gasteiger partial charge in [-0.3, -0.25) is 19.7 Å². The molecular weight excluding hydrogens is 569 g/mol. The van der Waals surface area contributed by atoms with Crippen LogP contribution in [0.4, 0.5) is 20.6 Å². The van der Waals surface area contributed by atoms with Crippen molar-refractivity contribution >= 4 is 68.7 Å². The second-order valence-electron chi connectivity index (χ2n) is 7.92. The molecule has 0 spiro atoms. The molecule has 0 aliphatic carbocycles. The summed E-state index contributed by atoms with van der Waals surface area (Å²) >= 11 is 9.42. The molecule has 188 valence electrons. The summed E-state index contributed by atoms with van der Waals surface area (Å²) in [6, 6.07) is 13.6. The third kappa shape index (κ3) is 6.04. The summed E-state index contributed by atoms with van der Waals surface area (Å²) in [6.45, 7) is 1.47. The van der Waals surface area contributed by atoms with Crippen LogP contribution in [0, 0.1) is 12.7 Å². The molecule has 1 fully saturated rings. The molecular formula is C26H18BrClFN3O5. The first-order valence-electron chi connectivity index (χ1n) is 10.8. The molecule has 37 heavy (non-hydrogen) atoms. The molecule has 0 atom stereocenters. The maximum atomic E-state index is 13.3. The lowest BCUT2D eigenvalue weighted by Gasteiger charge is -2.26. The van der Waals surface area contributed by atoms with E-state index >= 15 is 0 Å². The van der Waals surface area contributed by atoms with Crippen molar-refractivity contribution < 1.29 is 28.3 Å². The van der Waals surface area contributed by atoms with Gasteiger partial charge in [0.2, 0.25) is 0 Å². The first-order valence-corrected chi connectivity index (χ1v) is 11.9. The number of nitrogens with zero attached hydrogens (tertiary/aromatic N) is 1. The van der Waals surface area contributed by atoms with Crippen molar-refractivity contribution in [3.63, 3.8) is 0 Å². The second kappa shape index (κ2) is 10.9. The highest BCUT2D eigenvalue weighted by Gasteiger charge is 2.37. The van der Waals surface area contributed by atoms with Crippen molar-refractivity contribution in [2.75, 3.05) is 16.8 Å². The third-order valence-corrected chi connectivity index (χ3v) is 6.17. The average Bonchev–Trinajstić information content (AvgIpc) is 2.84. The van der Waals surface area contributed by atoms with E-state index in [0.29, 0.717) is 20.7 Å². The van der Waals surface area contributed by atoms with E-state index in [2.05, 4.69) is 26.6 Å². The van der Waals surface area contributed by atoms with Gasteiger partial charge >= 0.3 is 6.03 Å². The van der Waals surface area contributed by atoms with Crippen molar-refractivity contribution in [1.82, 2.24) is 5.32 Å². The Bertz CT molecular complexity index is 1460. The van der Waals surface area contributed by atoms with Crippen LogP contribution in [0.1, 0.15) is 11.1 Å². The monoisotopic (exact) mass is 585 g/mol. The van der Waals surface area contributed by atoms with Crippen LogP contribution >= 0.6 is 27.5 Å². The Kier molecular flexibility index (Phi) is 7.70. The lowest BCUT2D eigenvalue weighted by Crippen LogP contribution is -2.54. The first kappa shape index (κ1) is 26.1. The quantitative estimate of drug-likeness (QED) is 0.304. The number of aryl methyl sites for hydroxylation is 1. The number of benzene rings is 3. The van der Waals surface area contributed by atoms with Crippen molar-refractivity contribution in [3.8, 4) is 5.75 Å². The largest absolute Gasteiger partial charge is 0.483 e. The maximum Gasteiger partial charge on any atom is 0.335 e. The number of ether oxygens (including phenoxy) is 1. The molecule has 0 aromatic heterocycles. The van der Waals surface area contributed by atoms with Gasteiger partial charge in [-0.05, 0) is 73.2 Å². The van der Waals surface area contributed by atoms with Crippen LogP contribution in [-0.4, -0.2) is 30.4 Å². The summed E-state index contributed by atoms with van der Waals surface area (Å²) in [6.07, 6.45) is 1.25. The van der Waals surface area contributed by atoms with Gasteiger partial charge < -0.3 is 10.1 Å². The molecule has 0 unspecified atom stereocenters. The smallest absolute Gasteiger partial charge is 0.335 e. The number of imide groups is 2. The van der Waals surface area contributed by atoms with Gasteiger partial charge in [-0.15, -0.1) is 0 Å². The van der Waals surface area contributed by atoms with Gasteiger partial charge in [-0.25, -0.2) is 14.1 Å². The van der Waals surface area contributed by atoms with Gasteiger partial charge in [0.1, 0.15) is 17.1 Å². The van der Waals surface area contributed by atoms with Gasteiger partial charge in [-0.1, -0.05) is 33.6 Å². The Balaban J connectivity index is 1.57. The van der Waals surface area contributed by atoms with E-state index < -0.39 is 29.6 Å². The standard InChI is InChI=1S/C26H18BrClFN3O5/c1-14-2-6-18(12-21(14)28)30-23(33)13-37-22-9-3-16(27)10-15(22)11-20-24(34)31-26(36)32(25(20)35)19-7-4-17(29)5-8-19/h2-12H,13H2,1H3,(H,30,33)(H,31,34,36)/b20-11+. The molecule has 1 aliphatic rings. The van der Waals surface area contributed by atoms with Gasteiger partial charge in [0.05, 0.1) is 5.69 Å². The zero-order chi connectivity index (χ0) is 26.7. The second-order valence-corrected chi connectivity index (χ2v) is 9.24. The lowest BCUT2D eigenvalue weighted by atomic mass is 10.1. The molecule has 1 saturated heterocycles. The maximum absolute atomic E-state index is 13.3. The van der Waals surface area contributed by atoms with Gasteiger partial charge in [0.25, 0.3) is 17.7 Å². The SMILES string of the molecule is Cc1ccc(NC(=O)COc2ccc(Br)cc2/C=C2\C(=O)NC(=O)N(c3ccc(F)cc3)C2=O)cc1Cl. The molecule has 0 saturated carbocycles. The topological polar surface area (TPSA) is 105 Å². The van der Waals surface area contributed by atoms with Crippen molar-refractivity contribution in [2.24, 2.45) is 0 Å². The Morgan fingerprint density at radius 1 is 1.11 bits per heavy atom. The van der Waals surface area contributed by atoms with Crippen LogP contribution in [-0.2, 0) is 14.4 Å². The minimum Gasteiger partial charge on any atom is -0.483 e. The van der Waals surface area contributed by atoms with Crippen LogP contribution < -0.4 is 20.3 Å². The van der Waals surface area contributed by atoms with Gasteiger partial charge in [-0.2, -0.15) is 0 Å². The van der Waals surface area contributed by atoms with E-state index in [4.69, 9.17) is 16.3 Å². The number of rotatable bonds is 6. The molecule has 11 heteroatoms. The Morgan fingerprint density at radius 2 is 1.84 bits per heavy atom. The molecule has 3 aromatic carbocycles.